The number of carbonyl (C=O) groups excluding carboxylic acids is 1. The topological polar surface area (TPSA) is 75.3 Å². The molecule has 2 N–H and O–H groups in total. The van der Waals surface area contributed by atoms with Crippen LogP contribution in [0.25, 0.3) is 0 Å². The molecule has 1 aliphatic rings. The minimum Gasteiger partial charge on any atom is -0.347 e. The van der Waals surface area contributed by atoms with Crippen LogP contribution in [0.3, 0.4) is 0 Å². The number of hydrogen-bond acceptors (Lipinski definition) is 4. The van der Waals surface area contributed by atoms with Crippen molar-refractivity contribution in [1.29, 1.82) is 0 Å². The van der Waals surface area contributed by atoms with Gasteiger partial charge in [-0.25, -0.2) is 13.1 Å². The third-order valence-corrected chi connectivity index (χ3v) is 6.21. The van der Waals surface area contributed by atoms with Crippen LogP contribution in [0.4, 0.5) is 0 Å². The first kappa shape index (κ1) is 16.2. The molecule has 0 unspecified atom stereocenters. The van der Waals surface area contributed by atoms with Gasteiger partial charge in [-0.2, -0.15) is 0 Å². The smallest absolute Gasteiger partial charge is 0.261 e. The first-order chi connectivity index (χ1) is 11.0. The highest BCUT2D eigenvalue weighted by Crippen LogP contribution is 2.22. The van der Waals surface area contributed by atoms with Crippen LogP contribution in [-0.4, -0.2) is 20.4 Å². The van der Waals surface area contributed by atoms with Crippen LogP contribution in [0.2, 0.25) is 0 Å². The second-order valence-electron chi connectivity index (χ2n) is 5.65. The van der Waals surface area contributed by atoms with E-state index in [1.165, 1.54) is 11.3 Å². The molecule has 1 aliphatic carbocycles. The van der Waals surface area contributed by atoms with E-state index in [0.29, 0.717) is 11.4 Å². The molecule has 0 bridgehead atoms. The lowest BCUT2D eigenvalue weighted by molar-refractivity contribution is 0.0954. The zero-order chi connectivity index (χ0) is 16.4. The molecule has 1 saturated carbocycles. The van der Waals surface area contributed by atoms with Crippen molar-refractivity contribution in [2.45, 2.75) is 37.2 Å². The predicted octanol–water partition coefficient (Wildman–Crippen LogP) is 2.43. The Hall–Kier alpha value is -1.70. The summed E-state index contributed by atoms with van der Waals surface area (Å²) < 4.78 is 26.8. The normalized spacial score (nSPS) is 14.7. The summed E-state index contributed by atoms with van der Waals surface area (Å²) in [6.07, 6.45) is 1.82. The second-order valence-corrected chi connectivity index (χ2v) is 8.29. The van der Waals surface area contributed by atoms with E-state index in [0.717, 1.165) is 24.0 Å². The number of nitrogens with one attached hydrogen (secondary N) is 2. The van der Waals surface area contributed by atoms with Gasteiger partial charge in [-0.05, 0) is 54.5 Å². The number of benzene rings is 1. The Morgan fingerprint density at radius 3 is 2.48 bits per heavy atom. The average Bonchev–Trinajstić information content (AvgIpc) is 3.22. The van der Waals surface area contributed by atoms with E-state index in [-0.39, 0.29) is 16.8 Å². The summed E-state index contributed by atoms with van der Waals surface area (Å²) >= 11 is 1.41. The van der Waals surface area contributed by atoms with Crippen molar-refractivity contribution in [1.82, 2.24) is 10.0 Å². The fourth-order valence-electron chi connectivity index (χ4n) is 2.14. The molecule has 7 heteroatoms. The minimum atomic E-state index is -3.42. The van der Waals surface area contributed by atoms with E-state index < -0.39 is 10.0 Å². The fraction of sp³-hybridized carbons (Fsp3) is 0.312. The van der Waals surface area contributed by atoms with Gasteiger partial charge in [0.05, 0.1) is 9.77 Å². The van der Waals surface area contributed by atoms with Gasteiger partial charge in [0.25, 0.3) is 5.91 Å². The van der Waals surface area contributed by atoms with E-state index in [4.69, 9.17) is 0 Å². The van der Waals surface area contributed by atoms with Crippen molar-refractivity contribution < 1.29 is 13.2 Å². The summed E-state index contributed by atoms with van der Waals surface area (Å²) in [7, 11) is -3.42. The van der Waals surface area contributed by atoms with E-state index in [9.17, 15) is 13.2 Å². The van der Waals surface area contributed by atoms with E-state index in [2.05, 4.69) is 10.0 Å². The lowest BCUT2D eigenvalue weighted by Crippen LogP contribution is -2.26. The number of thiophene rings is 1. The zero-order valence-corrected chi connectivity index (χ0v) is 14.3. The molecule has 5 nitrogen and oxygen atoms in total. The Bertz CT molecular complexity index is 806. The number of amides is 1. The van der Waals surface area contributed by atoms with Crippen LogP contribution < -0.4 is 10.0 Å². The molecule has 1 amide bonds. The monoisotopic (exact) mass is 350 g/mol. The summed E-state index contributed by atoms with van der Waals surface area (Å²) in [6, 6.07) is 8.59. The number of sulfonamides is 1. The molecule has 1 heterocycles. The SMILES string of the molecule is Cc1ccsc1C(=O)NCc1ccc(S(=O)(=O)NC2CC2)cc1. The second kappa shape index (κ2) is 6.43. The van der Waals surface area contributed by atoms with Crippen LogP contribution in [0, 0.1) is 6.92 Å². The van der Waals surface area contributed by atoms with E-state index in [1.54, 1.807) is 24.3 Å². The summed E-state index contributed by atoms with van der Waals surface area (Å²) in [5.41, 5.74) is 1.82. The van der Waals surface area contributed by atoms with E-state index >= 15 is 0 Å². The van der Waals surface area contributed by atoms with Crippen molar-refractivity contribution in [2.24, 2.45) is 0 Å². The quantitative estimate of drug-likeness (QED) is 0.840. The fourth-order valence-corrected chi connectivity index (χ4v) is 4.29. The van der Waals surface area contributed by atoms with Crippen molar-refractivity contribution in [3.05, 3.63) is 51.7 Å². The maximum Gasteiger partial charge on any atom is 0.261 e. The van der Waals surface area contributed by atoms with Gasteiger partial charge in [-0.1, -0.05) is 12.1 Å². The van der Waals surface area contributed by atoms with Gasteiger partial charge >= 0.3 is 0 Å². The zero-order valence-electron chi connectivity index (χ0n) is 12.7. The van der Waals surface area contributed by atoms with Crippen molar-refractivity contribution in [2.75, 3.05) is 0 Å². The Morgan fingerprint density at radius 2 is 1.91 bits per heavy atom. The maximum atomic E-state index is 12.1. The largest absolute Gasteiger partial charge is 0.347 e. The van der Waals surface area contributed by atoms with Crippen LogP contribution >= 0.6 is 11.3 Å². The first-order valence-corrected chi connectivity index (χ1v) is 9.75. The molecule has 0 atom stereocenters. The number of aryl methyl sites for hydroxylation is 1. The third kappa shape index (κ3) is 3.99. The third-order valence-electron chi connectivity index (χ3n) is 3.65. The van der Waals surface area contributed by atoms with Crippen molar-refractivity contribution in [3.63, 3.8) is 0 Å². The molecule has 0 saturated heterocycles. The Balaban J connectivity index is 1.61. The number of hydrogen-bond donors (Lipinski definition) is 2. The maximum absolute atomic E-state index is 12.1. The highest BCUT2D eigenvalue weighted by atomic mass is 32.2. The summed E-state index contributed by atoms with van der Waals surface area (Å²) in [5.74, 6) is -0.107. The van der Waals surface area contributed by atoms with Crippen molar-refractivity contribution >= 4 is 27.3 Å². The number of rotatable bonds is 6. The lowest BCUT2D eigenvalue weighted by atomic mass is 10.2. The number of carbonyl (C=O) groups is 1. The Labute approximate surface area is 139 Å². The molecule has 2 aromatic rings. The Morgan fingerprint density at radius 1 is 1.22 bits per heavy atom. The highest BCUT2D eigenvalue weighted by Gasteiger charge is 2.27. The highest BCUT2D eigenvalue weighted by molar-refractivity contribution is 7.89. The summed E-state index contributed by atoms with van der Waals surface area (Å²) in [4.78, 5) is 13.0. The molecule has 122 valence electrons. The molecule has 1 fully saturated rings. The van der Waals surface area contributed by atoms with Crippen molar-refractivity contribution in [3.8, 4) is 0 Å². The van der Waals surface area contributed by atoms with Gasteiger partial charge in [0, 0.05) is 12.6 Å². The van der Waals surface area contributed by atoms with Crippen LogP contribution in [0.15, 0.2) is 40.6 Å². The first-order valence-electron chi connectivity index (χ1n) is 7.39. The van der Waals surface area contributed by atoms with Gasteiger partial charge in [-0.15, -0.1) is 11.3 Å². The van der Waals surface area contributed by atoms with Gasteiger partial charge in [0.2, 0.25) is 10.0 Å². The molecule has 0 radical (unpaired) electrons. The van der Waals surface area contributed by atoms with Crippen LogP contribution in [0.1, 0.15) is 33.6 Å². The molecule has 1 aromatic heterocycles. The molecular weight excluding hydrogens is 332 g/mol. The molecule has 1 aromatic carbocycles. The predicted molar refractivity (Wildman–Crippen MR) is 90.0 cm³/mol. The van der Waals surface area contributed by atoms with Gasteiger partial charge in [0.15, 0.2) is 0 Å². The van der Waals surface area contributed by atoms with Gasteiger partial charge < -0.3 is 5.32 Å². The van der Waals surface area contributed by atoms with Crippen LogP contribution in [-0.2, 0) is 16.6 Å². The average molecular weight is 350 g/mol. The lowest BCUT2D eigenvalue weighted by Gasteiger charge is -2.08. The molecular formula is C16H18N2O3S2. The van der Waals surface area contributed by atoms with Gasteiger partial charge in [0.1, 0.15) is 0 Å². The van der Waals surface area contributed by atoms with Gasteiger partial charge in [-0.3, -0.25) is 4.79 Å². The summed E-state index contributed by atoms with van der Waals surface area (Å²) in [5, 5.41) is 4.73. The standard InChI is InChI=1S/C16H18N2O3S2/c1-11-8-9-22-15(11)16(19)17-10-12-2-6-14(7-3-12)23(20,21)18-13-4-5-13/h2-3,6-9,13,18H,4-5,10H2,1H3,(H,17,19). The Kier molecular flexibility index (Phi) is 4.52. The molecule has 0 aliphatic heterocycles. The summed E-state index contributed by atoms with van der Waals surface area (Å²) in [6.45, 7) is 2.27. The minimum absolute atomic E-state index is 0.0907. The van der Waals surface area contributed by atoms with E-state index in [1.807, 2.05) is 18.4 Å². The molecule has 23 heavy (non-hydrogen) atoms. The molecule has 0 spiro atoms. The molecule has 3 rings (SSSR count). The van der Waals surface area contributed by atoms with Crippen LogP contribution in [0.5, 0.6) is 0 Å².